The highest BCUT2D eigenvalue weighted by Gasteiger charge is 2.23. The SMILES string of the molecule is Cc1ccc(C(=O)NCc2cc3nc(-c4cccc(N5C[C@@H](C)O[C@@H](C)C5)n4)ccc3cn2)cc1[C@@H](C)O. The van der Waals surface area contributed by atoms with Crippen molar-refractivity contribution in [2.45, 2.75) is 52.6 Å². The number of aromatic nitrogens is 3. The monoisotopic (exact) mass is 511 g/mol. The number of carbonyl (C=O) groups excluding carboxylic acids is 1. The fourth-order valence-electron chi connectivity index (χ4n) is 4.91. The number of morpholine rings is 1. The molecule has 0 bridgehead atoms. The molecule has 1 aromatic carbocycles. The van der Waals surface area contributed by atoms with E-state index in [1.54, 1.807) is 25.3 Å². The van der Waals surface area contributed by atoms with Crippen molar-refractivity contribution >= 4 is 22.6 Å². The van der Waals surface area contributed by atoms with Crippen LogP contribution in [0.4, 0.5) is 5.82 Å². The predicted octanol–water partition coefficient (Wildman–Crippen LogP) is 4.60. The van der Waals surface area contributed by atoms with E-state index in [4.69, 9.17) is 14.7 Å². The molecule has 0 unspecified atom stereocenters. The number of amides is 1. The number of aryl methyl sites for hydroxylation is 1. The molecule has 4 heterocycles. The predicted molar refractivity (Wildman–Crippen MR) is 148 cm³/mol. The lowest BCUT2D eigenvalue weighted by Crippen LogP contribution is -2.45. The van der Waals surface area contributed by atoms with Crippen molar-refractivity contribution in [1.82, 2.24) is 20.3 Å². The molecular formula is C30H33N5O3. The minimum atomic E-state index is -0.638. The van der Waals surface area contributed by atoms with Gasteiger partial charge in [-0.25, -0.2) is 9.97 Å². The highest BCUT2D eigenvalue weighted by atomic mass is 16.5. The van der Waals surface area contributed by atoms with Crippen molar-refractivity contribution < 1.29 is 14.6 Å². The fraction of sp³-hybridized carbons (Fsp3) is 0.333. The number of pyridine rings is 3. The molecule has 1 aliphatic rings. The average molecular weight is 512 g/mol. The van der Waals surface area contributed by atoms with E-state index in [1.165, 1.54) is 0 Å². The minimum absolute atomic E-state index is 0.153. The lowest BCUT2D eigenvalue weighted by Gasteiger charge is -2.36. The first-order valence-corrected chi connectivity index (χ1v) is 13.0. The maximum absolute atomic E-state index is 12.8. The van der Waals surface area contributed by atoms with Crippen LogP contribution in [0.25, 0.3) is 22.3 Å². The van der Waals surface area contributed by atoms with E-state index in [-0.39, 0.29) is 24.7 Å². The molecule has 1 aliphatic heterocycles. The number of nitrogens with one attached hydrogen (secondary N) is 1. The molecule has 2 N–H and O–H groups in total. The molecule has 0 saturated carbocycles. The van der Waals surface area contributed by atoms with Crippen LogP contribution in [0.5, 0.6) is 0 Å². The third kappa shape index (κ3) is 5.66. The van der Waals surface area contributed by atoms with Gasteiger partial charge in [0.05, 0.1) is 47.5 Å². The summed E-state index contributed by atoms with van der Waals surface area (Å²) in [6.45, 7) is 9.64. The van der Waals surface area contributed by atoms with Gasteiger partial charge in [-0.3, -0.25) is 9.78 Å². The molecule has 1 saturated heterocycles. The van der Waals surface area contributed by atoms with Crippen LogP contribution < -0.4 is 10.2 Å². The maximum atomic E-state index is 12.8. The van der Waals surface area contributed by atoms with Gasteiger partial charge in [-0.1, -0.05) is 12.1 Å². The van der Waals surface area contributed by atoms with Crippen molar-refractivity contribution in [3.8, 4) is 11.4 Å². The van der Waals surface area contributed by atoms with E-state index >= 15 is 0 Å². The number of aliphatic hydroxyl groups is 1. The third-order valence-corrected chi connectivity index (χ3v) is 6.79. The highest BCUT2D eigenvalue weighted by Crippen LogP contribution is 2.24. The Hall–Kier alpha value is -3.88. The third-order valence-electron chi connectivity index (χ3n) is 6.79. The molecular weight excluding hydrogens is 478 g/mol. The van der Waals surface area contributed by atoms with Gasteiger partial charge in [0.2, 0.25) is 0 Å². The molecule has 38 heavy (non-hydrogen) atoms. The molecule has 8 nitrogen and oxygen atoms in total. The minimum Gasteiger partial charge on any atom is -0.389 e. The molecule has 5 rings (SSSR count). The van der Waals surface area contributed by atoms with Crippen molar-refractivity contribution in [3.05, 3.63) is 83.2 Å². The number of benzene rings is 1. The number of aliphatic hydroxyl groups excluding tert-OH is 1. The van der Waals surface area contributed by atoms with Gasteiger partial charge in [0.1, 0.15) is 5.82 Å². The Balaban J connectivity index is 1.33. The summed E-state index contributed by atoms with van der Waals surface area (Å²) in [5, 5.41) is 13.8. The van der Waals surface area contributed by atoms with Crippen LogP contribution in [-0.2, 0) is 11.3 Å². The summed E-state index contributed by atoms with van der Waals surface area (Å²) in [5.41, 5.74) is 5.27. The van der Waals surface area contributed by atoms with Crippen LogP contribution in [0.3, 0.4) is 0 Å². The second-order valence-electron chi connectivity index (χ2n) is 10.0. The van der Waals surface area contributed by atoms with Gasteiger partial charge in [0.15, 0.2) is 0 Å². The second-order valence-corrected chi connectivity index (χ2v) is 10.0. The Kier molecular flexibility index (Phi) is 7.35. The molecule has 8 heteroatoms. The van der Waals surface area contributed by atoms with Gasteiger partial charge in [-0.15, -0.1) is 0 Å². The number of rotatable bonds is 6. The summed E-state index contributed by atoms with van der Waals surface area (Å²) in [4.78, 5) is 29.3. The van der Waals surface area contributed by atoms with Gasteiger partial charge in [0, 0.05) is 30.2 Å². The van der Waals surface area contributed by atoms with Crippen molar-refractivity contribution in [1.29, 1.82) is 0 Å². The molecule has 4 aromatic rings. The number of ether oxygens (including phenoxy) is 1. The standard InChI is InChI=1S/C30H33N5O3/c1-18-8-9-22(12-25(18)21(4)36)30(37)32-15-24-13-28-23(14-31-24)10-11-27(33-28)26-6-5-7-29(34-26)35-16-19(2)38-20(3)17-35/h5-14,19-21,36H,15-17H2,1-4H3,(H,32,37)/t19-,20+,21-/m1/s1. The van der Waals surface area contributed by atoms with Gasteiger partial charge in [0.25, 0.3) is 5.91 Å². The number of hydrogen-bond acceptors (Lipinski definition) is 7. The first kappa shape index (κ1) is 25.8. The number of fused-ring (bicyclic) bond motifs is 1. The van der Waals surface area contributed by atoms with E-state index in [9.17, 15) is 9.90 Å². The zero-order chi connectivity index (χ0) is 26.8. The van der Waals surface area contributed by atoms with E-state index in [1.807, 2.05) is 49.4 Å². The summed E-state index contributed by atoms with van der Waals surface area (Å²) in [6.07, 6.45) is 1.44. The Morgan fingerprint density at radius 2 is 1.84 bits per heavy atom. The Labute approximate surface area is 222 Å². The zero-order valence-electron chi connectivity index (χ0n) is 22.2. The van der Waals surface area contributed by atoms with Gasteiger partial charge < -0.3 is 20.1 Å². The smallest absolute Gasteiger partial charge is 0.251 e. The molecule has 3 atom stereocenters. The quantitative estimate of drug-likeness (QED) is 0.390. The second kappa shape index (κ2) is 10.8. The molecule has 1 amide bonds. The van der Waals surface area contributed by atoms with E-state index in [0.717, 1.165) is 52.3 Å². The summed E-state index contributed by atoms with van der Waals surface area (Å²) < 4.78 is 5.87. The number of anilines is 1. The molecule has 0 aliphatic carbocycles. The van der Waals surface area contributed by atoms with Crippen LogP contribution in [-0.4, -0.2) is 51.3 Å². The Bertz CT molecular complexity index is 1460. The molecule has 3 aromatic heterocycles. The summed E-state index contributed by atoms with van der Waals surface area (Å²) >= 11 is 0. The van der Waals surface area contributed by atoms with Crippen molar-refractivity contribution in [2.75, 3.05) is 18.0 Å². The first-order valence-electron chi connectivity index (χ1n) is 13.0. The molecule has 0 spiro atoms. The van der Waals surface area contributed by atoms with Gasteiger partial charge in [-0.2, -0.15) is 0 Å². The Morgan fingerprint density at radius 3 is 2.61 bits per heavy atom. The molecule has 196 valence electrons. The normalized spacial score (nSPS) is 18.4. The summed E-state index contributed by atoms with van der Waals surface area (Å²) in [5.74, 6) is 0.697. The number of nitrogens with zero attached hydrogens (tertiary/aromatic N) is 4. The van der Waals surface area contributed by atoms with Crippen LogP contribution in [0.15, 0.2) is 60.8 Å². The van der Waals surface area contributed by atoms with Gasteiger partial charge in [-0.05, 0) is 81.3 Å². The fourth-order valence-corrected chi connectivity index (χ4v) is 4.91. The number of carbonyl (C=O) groups is 1. The largest absolute Gasteiger partial charge is 0.389 e. The lowest BCUT2D eigenvalue weighted by atomic mass is 10.0. The van der Waals surface area contributed by atoms with Gasteiger partial charge >= 0.3 is 0 Å². The molecule has 1 fully saturated rings. The highest BCUT2D eigenvalue weighted by molar-refractivity contribution is 5.94. The lowest BCUT2D eigenvalue weighted by molar-refractivity contribution is -0.00545. The first-order chi connectivity index (χ1) is 18.3. The average Bonchev–Trinajstić information content (AvgIpc) is 2.91. The maximum Gasteiger partial charge on any atom is 0.251 e. The van der Waals surface area contributed by atoms with Crippen LogP contribution >= 0.6 is 0 Å². The van der Waals surface area contributed by atoms with Crippen molar-refractivity contribution in [3.63, 3.8) is 0 Å². The van der Waals surface area contributed by atoms with E-state index < -0.39 is 6.10 Å². The number of hydrogen-bond donors (Lipinski definition) is 2. The Morgan fingerprint density at radius 1 is 1.08 bits per heavy atom. The summed E-state index contributed by atoms with van der Waals surface area (Å²) in [6, 6.07) is 17.2. The summed E-state index contributed by atoms with van der Waals surface area (Å²) in [7, 11) is 0. The van der Waals surface area contributed by atoms with Crippen LogP contribution in [0.2, 0.25) is 0 Å². The van der Waals surface area contributed by atoms with E-state index in [0.29, 0.717) is 11.3 Å². The zero-order valence-corrected chi connectivity index (χ0v) is 22.2. The van der Waals surface area contributed by atoms with E-state index in [2.05, 4.69) is 29.0 Å². The van der Waals surface area contributed by atoms with Crippen LogP contribution in [0, 0.1) is 6.92 Å². The van der Waals surface area contributed by atoms with Crippen molar-refractivity contribution in [2.24, 2.45) is 0 Å². The van der Waals surface area contributed by atoms with Crippen LogP contribution in [0.1, 0.15) is 54.1 Å². The molecule has 0 radical (unpaired) electrons. The topological polar surface area (TPSA) is 100 Å².